The minimum absolute atomic E-state index is 0.0765. The van der Waals surface area contributed by atoms with Crippen molar-refractivity contribution < 1.29 is 28.9 Å². The summed E-state index contributed by atoms with van der Waals surface area (Å²) in [5.41, 5.74) is 1.80. The van der Waals surface area contributed by atoms with E-state index in [1.54, 1.807) is 42.5 Å². The lowest BCUT2D eigenvalue weighted by atomic mass is 10.0. The molecule has 0 saturated carbocycles. The second-order valence-corrected chi connectivity index (χ2v) is 7.18. The molecule has 1 fully saturated rings. The second-order valence-electron chi connectivity index (χ2n) is 7.18. The van der Waals surface area contributed by atoms with Gasteiger partial charge in [0.2, 0.25) is 0 Å². The molecule has 2 unspecified atom stereocenters. The van der Waals surface area contributed by atoms with Crippen LogP contribution in [0.25, 0.3) is 0 Å². The summed E-state index contributed by atoms with van der Waals surface area (Å²) in [6.45, 7) is 1.77. The van der Waals surface area contributed by atoms with Crippen molar-refractivity contribution in [1.29, 1.82) is 0 Å². The maximum absolute atomic E-state index is 12.7. The molecular formula is C22H23NO6. The van der Waals surface area contributed by atoms with Crippen LogP contribution >= 0.6 is 0 Å². The van der Waals surface area contributed by atoms with Gasteiger partial charge in [-0.3, -0.25) is 4.79 Å². The van der Waals surface area contributed by atoms with Crippen molar-refractivity contribution in [3.8, 4) is 11.5 Å². The zero-order chi connectivity index (χ0) is 20.2. The molecule has 29 heavy (non-hydrogen) atoms. The number of hydrogen-bond donors (Lipinski definition) is 2. The van der Waals surface area contributed by atoms with E-state index in [0.717, 1.165) is 37.2 Å². The predicted octanol–water partition coefficient (Wildman–Crippen LogP) is 2.74. The molecule has 2 aliphatic rings. The molecular weight excluding hydrogens is 374 g/mol. The lowest BCUT2D eigenvalue weighted by Crippen LogP contribution is -2.33. The lowest BCUT2D eigenvalue weighted by molar-refractivity contribution is -0.139. The number of ether oxygens (including phenoxy) is 3. The SMILES string of the molecule is O=C(NC(C(=O)O)c1ccc2c(c1)CCO2)c1cccc(OCC2CCCO2)c1. The van der Waals surface area contributed by atoms with Crippen LogP contribution in [-0.4, -0.2) is 42.9 Å². The monoisotopic (exact) mass is 397 g/mol. The van der Waals surface area contributed by atoms with Crippen LogP contribution in [0.2, 0.25) is 0 Å². The van der Waals surface area contributed by atoms with Gasteiger partial charge in [0.25, 0.3) is 5.91 Å². The largest absolute Gasteiger partial charge is 0.493 e. The van der Waals surface area contributed by atoms with Gasteiger partial charge in [-0.1, -0.05) is 12.1 Å². The van der Waals surface area contributed by atoms with E-state index in [4.69, 9.17) is 14.2 Å². The fraction of sp³-hybridized carbons (Fsp3) is 0.364. The summed E-state index contributed by atoms with van der Waals surface area (Å²) in [7, 11) is 0. The molecule has 0 spiro atoms. The minimum atomic E-state index is -1.15. The number of carbonyl (C=O) groups excluding carboxylic acids is 1. The summed E-state index contributed by atoms with van der Waals surface area (Å²) in [4.78, 5) is 24.5. The van der Waals surface area contributed by atoms with Crippen molar-refractivity contribution in [2.75, 3.05) is 19.8 Å². The zero-order valence-corrected chi connectivity index (χ0v) is 15.9. The summed E-state index contributed by atoms with van der Waals surface area (Å²) < 4.78 is 16.7. The van der Waals surface area contributed by atoms with E-state index in [9.17, 15) is 14.7 Å². The van der Waals surface area contributed by atoms with Crippen LogP contribution < -0.4 is 14.8 Å². The Labute approximate surface area is 168 Å². The number of benzene rings is 2. The van der Waals surface area contributed by atoms with E-state index in [1.807, 2.05) is 0 Å². The Balaban J connectivity index is 1.45. The Morgan fingerprint density at radius 3 is 2.90 bits per heavy atom. The van der Waals surface area contributed by atoms with Gasteiger partial charge in [0.15, 0.2) is 6.04 Å². The predicted molar refractivity (Wildman–Crippen MR) is 104 cm³/mol. The molecule has 2 heterocycles. The minimum Gasteiger partial charge on any atom is -0.493 e. The third-order valence-electron chi connectivity index (χ3n) is 5.13. The normalized spacial score (nSPS) is 18.6. The van der Waals surface area contributed by atoms with Crippen molar-refractivity contribution in [3.05, 3.63) is 59.2 Å². The number of nitrogens with one attached hydrogen (secondary N) is 1. The summed E-state index contributed by atoms with van der Waals surface area (Å²) in [5.74, 6) is -0.283. The Kier molecular flexibility index (Phi) is 5.67. The van der Waals surface area contributed by atoms with Crippen molar-refractivity contribution in [3.63, 3.8) is 0 Å². The van der Waals surface area contributed by atoms with Gasteiger partial charge >= 0.3 is 5.97 Å². The average molecular weight is 397 g/mol. The number of carboxylic acids is 1. The first-order valence-electron chi connectivity index (χ1n) is 9.74. The highest BCUT2D eigenvalue weighted by Crippen LogP contribution is 2.28. The number of carboxylic acid groups (broad SMARTS) is 1. The summed E-state index contributed by atoms with van der Waals surface area (Å²) in [6, 6.07) is 10.8. The number of fused-ring (bicyclic) bond motifs is 1. The van der Waals surface area contributed by atoms with Crippen LogP contribution in [0.15, 0.2) is 42.5 Å². The summed E-state index contributed by atoms with van der Waals surface area (Å²) in [5, 5.41) is 12.3. The molecule has 7 heteroatoms. The molecule has 1 saturated heterocycles. The number of aliphatic carboxylic acids is 1. The quantitative estimate of drug-likeness (QED) is 0.746. The highest BCUT2D eigenvalue weighted by Gasteiger charge is 2.25. The first kappa shape index (κ1) is 19.3. The Morgan fingerprint density at radius 2 is 2.10 bits per heavy atom. The lowest BCUT2D eigenvalue weighted by Gasteiger charge is -2.16. The van der Waals surface area contributed by atoms with Crippen molar-refractivity contribution in [2.24, 2.45) is 0 Å². The van der Waals surface area contributed by atoms with Crippen molar-refractivity contribution in [1.82, 2.24) is 5.32 Å². The van der Waals surface area contributed by atoms with E-state index in [-0.39, 0.29) is 6.10 Å². The highest BCUT2D eigenvalue weighted by molar-refractivity contribution is 5.97. The Bertz CT molecular complexity index is 906. The standard InChI is InChI=1S/C22H23NO6/c24-21(16-3-1-4-17(12-16)29-13-18-5-2-9-27-18)23-20(22(25)26)15-6-7-19-14(11-15)8-10-28-19/h1,3-4,6-7,11-12,18,20H,2,5,8-10,13H2,(H,23,24)(H,25,26). The van der Waals surface area contributed by atoms with Gasteiger partial charge in [-0.05, 0) is 54.3 Å². The summed E-state index contributed by atoms with van der Waals surface area (Å²) >= 11 is 0. The highest BCUT2D eigenvalue weighted by atomic mass is 16.5. The molecule has 0 bridgehead atoms. The molecule has 2 aromatic carbocycles. The van der Waals surface area contributed by atoms with Crippen LogP contribution in [-0.2, 0) is 16.0 Å². The van der Waals surface area contributed by atoms with Crippen LogP contribution in [0.3, 0.4) is 0 Å². The van der Waals surface area contributed by atoms with Gasteiger partial charge in [0, 0.05) is 18.6 Å². The summed E-state index contributed by atoms with van der Waals surface area (Å²) in [6.07, 6.45) is 2.80. The molecule has 1 amide bonds. The van der Waals surface area contributed by atoms with E-state index < -0.39 is 17.9 Å². The second kappa shape index (κ2) is 8.53. The van der Waals surface area contributed by atoms with Gasteiger partial charge in [-0.25, -0.2) is 4.79 Å². The zero-order valence-electron chi connectivity index (χ0n) is 15.9. The molecule has 0 aromatic heterocycles. The van der Waals surface area contributed by atoms with Crippen LogP contribution in [0, 0.1) is 0 Å². The number of amides is 1. The van der Waals surface area contributed by atoms with Gasteiger partial charge in [-0.2, -0.15) is 0 Å². The molecule has 2 N–H and O–H groups in total. The first-order chi connectivity index (χ1) is 14.1. The molecule has 2 atom stereocenters. The average Bonchev–Trinajstić information content (AvgIpc) is 3.41. The maximum atomic E-state index is 12.7. The fourth-order valence-electron chi connectivity index (χ4n) is 3.58. The molecule has 0 aliphatic carbocycles. The van der Waals surface area contributed by atoms with Crippen molar-refractivity contribution >= 4 is 11.9 Å². The maximum Gasteiger partial charge on any atom is 0.330 e. The number of carbonyl (C=O) groups is 2. The van der Waals surface area contributed by atoms with E-state index >= 15 is 0 Å². The number of rotatable bonds is 7. The molecule has 0 radical (unpaired) electrons. The van der Waals surface area contributed by atoms with E-state index in [0.29, 0.717) is 30.1 Å². The number of hydrogen-bond acceptors (Lipinski definition) is 5. The molecule has 152 valence electrons. The van der Waals surface area contributed by atoms with Crippen LogP contribution in [0.5, 0.6) is 11.5 Å². The topological polar surface area (TPSA) is 94.1 Å². The van der Waals surface area contributed by atoms with Crippen LogP contribution in [0.4, 0.5) is 0 Å². The van der Waals surface area contributed by atoms with Crippen molar-refractivity contribution in [2.45, 2.75) is 31.4 Å². The molecule has 7 nitrogen and oxygen atoms in total. The van der Waals surface area contributed by atoms with Crippen LogP contribution in [0.1, 0.15) is 40.4 Å². The smallest absolute Gasteiger partial charge is 0.330 e. The third kappa shape index (κ3) is 4.51. The Morgan fingerprint density at radius 1 is 1.21 bits per heavy atom. The van der Waals surface area contributed by atoms with Gasteiger partial charge in [0.05, 0.1) is 12.7 Å². The molecule has 2 aromatic rings. The Hall–Kier alpha value is -3.06. The fourth-order valence-corrected chi connectivity index (χ4v) is 3.58. The van der Waals surface area contributed by atoms with Gasteiger partial charge < -0.3 is 24.6 Å². The first-order valence-corrected chi connectivity index (χ1v) is 9.74. The van der Waals surface area contributed by atoms with E-state index in [1.165, 1.54) is 0 Å². The van der Waals surface area contributed by atoms with Gasteiger partial charge in [0.1, 0.15) is 18.1 Å². The van der Waals surface area contributed by atoms with Gasteiger partial charge in [-0.15, -0.1) is 0 Å². The molecule has 4 rings (SSSR count). The molecule has 2 aliphatic heterocycles. The van der Waals surface area contributed by atoms with E-state index in [2.05, 4.69) is 5.32 Å². The third-order valence-corrected chi connectivity index (χ3v) is 5.13.